The predicted molar refractivity (Wildman–Crippen MR) is 62.1 cm³/mol. The van der Waals surface area contributed by atoms with E-state index in [1.807, 2.05) is 0 Å². The van der Waals surface area contributed by atoms with Gasteiger partial charge in [-0.3, -0.25) is 4.79 Å². The maximum atomic E-state index is 13.4. The second-order valence-electron chi connectivity index (χ2n) is 2.82. The molecule has 0 saturated heterocycles. The number of carbonyl (C=O) groups is 1. The summed E-state index contributed by atoms with van der Waals surface area (Å²) < 4.78 is 18.8. The molecule has 82 valence electrons. The second-order valence-corrected chi connectivity index (χ2v) is 4.46. The van der Waals surface area contributed by atoms with Gasteiger partial charge in [-0.1, -0.05) is 6.07 Å². The zero-order chi connectivity index (χ0) is 11.4. The van der Waals surface area contributed by atoms with Crippen molar-refractivity contribution in [3.05, 3.63) is 32.5 Å². The Bertz CT molecular complexity index is 380. The zero-order valence-electron chi connectivity index (χ0n) is 8.02. The molecule has 0 aliphatic carbocycles. The molecule has 0 amide bonds. The number of ether oxygens (including phenoxy) is 1. The number of benzene rings is 1. The molecule has 1 aromatic rings. The van der Waals surface area contributed by atoms with Crippen molar-refractivity contribution >= 4 is 37.8 Å². The molecule has 0 aromatic heterocycles. The quantitative estimate of drug-likeness (QED) is 0.622. The van der Waals surface area contributed by atoms with Gasteiger partial charge >= 0.3 is 5.97 Å². The van der Waals surface area contributed by atoms with Crippen LogP contribution in [0.4, 0.5) is 4.39 Å². The molecule has 1 rings (SSSR count). The number of hydrogen-bond acceptors (Lipinski definition) is 2. The van der Waals surface area contributed by atoms with Crippen molar-refractivity contribution in [2.24, 2.45) is 0 Å². The highest BCUT2D eigenvalue weighted by molar-refractivity contribution is 9.11. The molecule has 0 spiro atoms. The van der Waals surface area contributed by atoms with E-state index in [1.165, 1.54) is 0 Å². The standard InChI is InChI=1S/C10H9Br2FO2/c1-2-15-8(14)5-6-3-4-7(11)10(13)9(6)12/h3-4H,2,5H2,1H3. The summed E-state index contributed by atoms with van der Waals surface area (Å²) in [7, 11) is 0. The first-order chi connectivity index (χ1) is 7.06. The summed E-state index contributed by atoms with van der Waals surface area (Å²) in [5, 5.41) is 0. The van der Waals surface area contributed by atoms with E-state index in [2.05, 4.69) is 31.9 Å². The Balaban J connectivity index is 2.87. The molecule has 1 aromatic carbocycles. The average molecular weight is 340 g/mol. The van der Waals surface area contributed by atoms with Crippen LogP contribution in [0.2, 0.25) is 0 Å². The van der Waals surface area contributed by atoms with Gasteiger partial charge in [-0.2, -0.15) is 0 Å². The van der Waals surface area contributed by atoms with Crippen LogP contribution in [0.5, 0.6) is 0 Å². The largest absolute Gasteiger partial charge is 0.466 e. The Morgan fingerprint density at radius 1 is 1.47 bits per heavy atom. The van der Waals surface area contributed by atoms with E-state index in [0.717, 1.165) is 0 Å². The van der Waals surface area contributed by atoms with Crippen LogP contribution in [0.15, 0.2) is 21.1 Å². The topological polar surface area (TPSA) is 26.3 Å². The monoisotopic (exact) mass is 338 g/mol. The minimum atomic E-state index is -0.406. The van der Waals surface area contributed by atoms with Gasteiger partial charge in [-0.25, -0.2) is 4.39 Å². The van der Waals surface area contributed by atoms with Crippen molar-refractivity contribution < 1.29 is 13.9 Å². The van der Waals surface area contributed by atoms with Gasteiger partial charge in [0.2, 0.25) is 0 Å². The number of esters is 1. The van der Waals surface area contributed by atoms with Crippen LogP contribution in [0.25, 0.3) is 0 Å². The van der Waals surface area contributed by atoms with Crippen LogP contribution in [-0.4, -0.2) is 12.6 Å². The van der Waals surface area contributed by atoms with E-state index in [-0.39, 0.29) is 12.4 Å². The maximum Gasteiger partial charge on any atom is 0.310 e. The first kappa shape index (κ1) is 12.6. The fourth-order valence-electron chi connectivity index (χ4n) is 1.07. The third-order valence-corrected chi connectivity index (χ3v) is 3.23. The van der Waals surface area contributed by atoms with Gasteiger partial charge < -0.3 is 4.74 Å². The molecule has 0 saturated carbocycles. The average Bonchev–Trinajstić information content (AvgIpc) is 2.20. The smallest absolute Gasteiger partial charge is 0.310 e. The summed E-state index contributed by atoms with van der Waals surface area (Å²) in [5.74, 6) is -0.767. The molecule has 0 bridgehead atoms. The van der Waals surface area contributed by atoms with Gasteiger partial charge in [0.05, 0.1) is 22.0 Å². The molecule has 0 aliphatic rings. The van der Waals surface area contributed by atoms with E-state index in [9.17, 15) is 9.18 Å². The summed E-state index contributed by atoms with van der Waals surface area (Å²) in [6.45, 7) is 2.06. The molecule has 5 heteroatoms. The van der Waals surface area contributed by atoms with E-state index < -0.39 is 5.82 Å². The Hall–Kier alpha value is -0.420. The maximum absolute atomic E-state index is 13.4. The SMILES string of the molecule is CCOC(=O)Cc1ccc(Br)c(F)c1Br. The fourth-order valence-corrected chi connectivity index (χ4v) is 2.15. The summed E-state index contributed by atoms with van der Waals surface area (Å²) in [6.07, 6.45) is 0.0681. The normalized spacial score (nSPS) is 10.1. The molecule has 0 radical (unpaired) electrons. The van der Waals surface area contributed by atoms with E-state index in [4.69, 9.17) is 4.74 Å². The van der Waals surface area contributed by atoms with Crippen molar-refractivity contribution in [2.75, 3.05) is 6.61 Å². The van der Waals surface area contributed by atoms with Crippen LogP contribution in [-0.2, 0) is 16.0 Å². The lowest BCUT2D eigenvalue weighted by Crippen LogP contribution is -2.08. The van der Waals surface area contributed by atoms with Crippen LogP contribution in [0.1, 0.15) is 12.5 Å². The van der Waals surface area contributed by atoms with Crippen molar-refractivity contribution in [3.63, 3.8) is 0 Å². The highest BCUT2D eigenvalue weighted by Gasteiger charge is 2.12. The summed E-state index contributed by atoms with van der Waals surface area (Å²) in [4.78, 5) is 11.2. The minimum absolute atomic E-state index is 0.0681. The third-order valence-electron chi connectivity index (χ3n) is 1.76. The number of carbonyl (C=O) groups excluding carboxylic acids is 1. The Labute approximate surface area is 104 Å². The Morgan fingerprint density at radius 2 is 2.13 bits per heavy atom. The van der Waals surface area contributed by atoms with Gasteiger partial charge in [-0.05, 0) is 50.4 Å². The van der Waals surface area contributed by atoms with E-state index in [1.54, 1.807) is 19.1 Å². The molecule has 0 N–H and O–H groups in total. The summed E-state index contributed by atoms with van der Waals surface area (Å²) in [6, 6.07) is 3.24. The van der Waals surface area contributed by atoms with Gasteiger partial charge in [0.25, 0.3) is 0 Å². The lowest BCUT2D eigenvalue weighted by atomic mass is 10.1. The lowest BCUT2D eigenvalue weighted by Gasteiger charge is -2.06. The number of hydrogen-bond donors (Lipinski definition) is 0. The van der Waals surface area contributed by atoms with Crippen LogP contribution >= 0.6 is 31.9 Å². The minimum Gasteiger partial charge on any atom is -0.466 e. The van der Waals surface area contributed by atoms with Gasteiger partial charge in [-0.15, -0.1) is 0 Å². The first-order valence-corrected chi connectivity index (χ1v) is 5.92. The van der Waals surface area contributed by atoms with Gasteiger partial charge in [0, 0.05) is 0 Å². The molecule has 15 heavy (non-hydrogen) atoms. The third kappa shape index (κ3) is 3.28. The molecule has 2 nitrogen and oxygen atoms in total. The van der Waals surface area contributed by atoms with Crippen molar-refractivity contribution in [3.8, 4) is 0 Å². The first-order valence-electron chi connectivity index (χ1n) is 4.34. The Kier molecular flexibility index (Phi) is 4.73. The van der Waals surface area contributed by atoms with E-state index in [0.29, 0.717) is 21.1 Å². The van der Waals surface area contributed by atoms with Gasteiger partial charge in [0.1, 0.15) is 0 Å². The molecule has 0 atom stereocenters. The lowest BCUT2D eigenvalue weighted by molar-refractivity contribution is -0.142. The molecular formula is C10H9Br2FO2. The molecular weight excluding hydrogens is 331 g/mol. The van der Waals surface area contributed by atoms with Gasteiger partial charge in [0.15, 0.2) is 5.82 Å². The van der Waals surface area contributed by atoms with E-state index >= 15 is 0 Å². The van der Waals surface area contributed by atoms with Crippen molar-refractivity contribution in [2.45, 2.75) is 13.3 Å². The van der Waals surface area contributed by atoms with Crippen molar-refractivity contribution in [1.82, 2.24) is 0 Å². The summed E-state index contributed by atoms with van der Waals surface area (Å²) >= 11 is 6.15. The highest BCUT2D eigenvalue weighted by Crippen LogP contribution is 2.27. The zero-order valence-corrected chi connectivity index (χ0v) is 11.2. The fraction of sp³-hybridized carbons (Fsp3) is 0.300. The number of halogens is 3. The number of rotatable bonds is 3. The predicted octanol–water partition coefficient (Wildman–Crippen LogP) is 3.46. The summed E-state index contributed by atoms with van der Waals surface area (Å²) in [5.41, 5.74) is 0.578. The molecule has 0 fully saturated rings. The Morgan fingerprint density at radius 3 is 2.73 bits per heavy atom. The molecule has 0 unspecified atom stereocenters. The van der Waals surface area contributed by atoms with Crippen LogP contribution in [0.3, 0.4) is 0 Å². The molecule has 0 heterocycles. The molecule has 0 aliphatic heterocycles. The highest BCUT2D eigenvalue weighted by atomic mass is 79.9. The van der Waals surface area contributed by atoms with Crippen LogP contribution in [0, 0.1) is 5.82 Å². The van der Waals surface area contributed by atoms with Crippen molar-refractivity contribution in [1.29, 1.82) is 0 Å². The second kappa shape index (κ2) is 5.61. The van der Waals surface area contributed by atoms with Crippen LogP contribution < -0.4 is 0 Å².